The van der Waals surface area contributed by atoms with Crippen LogP contribution in [0.4, 0.5) is 5.69 Å². The minimum Gasteiger partial charge on any atom is -0.381 e. The molecule has 2 aromatic rings. The maximum atomic E-state index is 3.66. The lowest BCUT2D eigenvalue weighted by molar-refractivity contribution is 0.330. The van der Waals surface area contributed by atoms with Gasteiger partial charge in [-0.2, -0.15) is 0 Å². The van der Waals surface area contributed by atoms with Gasteiger partial charge in [0.05, 0.1) is 0 Å². The Hall–Kier alpha value is -1.06. The summed E-state index contributed by atoms with van der Waals surface area (Å²) in [4.78, 5) is 2.41. The van der Waals surface area contributed by atoms with Gasteiger partial charge < -0.3 is 10.2 Å². The predicted octanol–water partition coefficient (Wildman–Crippen LogP) is 4.11. The molecule has 0 radical (unpaired) electrons. The van der Waals surface area contributed by atoms with Crippen LogP contribution in [-0.2, 0) is 0 Å². The molecule has 0 aromatic heterocycles. The first kappa shape index (κ1) is 12.9. The van der Waals surface area contributed by atoms with E-state index in [1.165, 1.54) is 22.9 Å². The van der Waals surface area contributed by atoms with Gasteiger partial charge in [-0.25, -0.2) is 0 Å². The third-order valence-electron chi connectivity index (χ3n) is 4.06. The van der Waals surface area contributed by atoms with Gasteiger partial charge in [0, 0.05) is 28.8 Å². The van der Waals surface area contributed by atoms with Gasteiger partial charge in [0.1, 0.15) is 0 Å². The van der Waals surface area contributed by atoms with Crippen molar-refractivity contribution in [2.45, 2.75) is 25.4 Å². The topological polar surface area (TPSA) is 15.3 Å². The van der Waals surface area contributed by atoms with E-state index in [2.05, 4.69) is 76.5 Å². The van der Waals surface area contributed by atoms with Gasteiger partial charge in [0.15, 0.2) is 0 Å². The Bertz CT molecular complexity index is 586. The molecular weight excluding hydrogens is 300 g/mol. The number of hydrogen-bond donors (Lipinski definition) is 1. The molecule has 1 aliphatic rings. The number of fused-ring (bicyclic) bond motifs is 1. The maximum absolute atomic E-state index is 3.66. The molecule has 1 aliphatic heterocycles. The van der Waals surface area contributed by atoms with Gasteiger partial charge in [-0.05, 0) is 55.4 Å². The standard InChI is InChI=1S/C16H19BrN2/c1-11-7-16(10-19(11)2)18-15-6-4-12-8-14(17)5-3-13(12)9-15/h3-6,8-9,11,16,18H,7,10H2,1-2H3. The first-order chi connectivity index (χ1) is 9.11. The molecule has 0 bridgehead atoms. The Kier molecular flexibility index (Phi) is 3.50. The van der Waals surface area contributed by atoms with Gasteiger partial charge in [0.2, 0.25) is 0 Å². The second kappa shape index (κ2) is 5.14. The van der Waals surface area contributed by atoms with Crippen molar-refractivity contribution in [2.24, 2.45) is 0 Å². The molecule has 2 atom stereocenters. The third-order valence-corrected chi connectivity index (χ3v) is 4.55. The first-order valence-electron chi connectivity index (χ1n) is 6.78. The summed E-state index contributed by atoms with van der Waals surface area (Å²) in [5.41, 5.74) is 1.22. The smallest absolute Gasteiger partial charge is 0.0403 e. The van der Waals surface area contributed by atoms with Crippen LogP contribution in [0.25, 0.3) is 10.8 Å². The minimum atomic E-state index is 0.563. The van der Waals surface area contributed by atoms with E-state index >= 15 is 0 Å². The first-order valence-corrected chi connectivity index (χ1v) is 7.57. The molecule has 2 unspecified atom stereocenters. The van der Waals surface area contributed by atoms with Crippen LogP contribution in [0.3, 0.4) is 0 Å². The molecule has 1 saturated heterocycles. The Balaban J connectivity index is 1.80. The number of halogens is 1. The summed E-state index contributed by atoms with van der Waals surface area (Å²) >= 11 is 3.51. The monoisotopic (exact) mass is 318 g/mol. The zero-order valence-electron chi connectivity index (χ0n) is 11.4. The van der Waals surface area contributed by atoms with Crippen LogP contribution in [0.15, 0.2) is 40.9 Å². The van der Waals surface area contributed by atoms with E-state index < -0.39 is 0 Å². The fourth-order valence-corrected chi connectivity index (χ4v) is 3.22. The van der Waals surface area contributed by atoms with Gasteiger partial charge in [-0.1, -0.05) is 28.1 Å². The van der Waals surface area contributed by atoms with Crippen LogP contribution >= 0.6 is 15.9 Å². The number of rotatable bonds is 2. The van der Waals surface area contributed by atoms with E-state index in [1.807, 2.05) is 0 Å². The lowest BCUT2D eigenvalue weighted by Gasteiger charge is -2.15. The maximum Gasteiger partial charge on any atom is 0.0403 e. The van der Waals surface area contributed by atoms with Crippen molar-refractivity contribution in [3.8, 4) is 0 Å². The van der Waals surface area contributed by atoms with Crippen LogP contribution in [-0.4, -0.2) is 30.6 Å². The highest BCUT2D eigenvalue weighted by Crippen LogP contribution is 2.25. The van der Waals surface area contributed by atoms with Crippen molar-refractivity contribution in [1.82, 2.24) is 4.90 Å². The molecule has 1 fully saturated rings. The lowest BCUT2D eigenvalue weighted by atomic mass is 10.1. The molecule has 1 heterocycles. The van der Waals surface area contributed by atoms with Gasteiger partial charge in [-0.15, -0.1) is 0 Å². The molecule has 3 rings (SSSR count). The average molecular weight is 319 g/mol. The molecule has 2 nitrogen and oxygen atoms in total. The molecule has 1 N–H and O–H groups in total. The highest BCUT2D eigenvalue weighted by Gasteiger charge is 2.25. The van der Waals surface area contributed by atoms with Crippen molar-refractivity contribution in [3.63, 3.8) is 0 Å². The molecule has 2 aromatic carbocycles. The van der Waals surface area contributed by atoms with E-state index in [4.69, 9.17) is 0 Å². The van der Waals surface area contributed by atoms with Crippen LogP contribution in [0, 0.1) is 0 Å². The van der Waals surface area contributed by atoms with Gasteiger partial charge >= 0.3 is 0 Å². The fraction of sp³-hybridized carbons (Fsp3) is 0.375. The number of likely N-dealkylation sites (N-methyl/N-ethyl adjacent to an activating group) is 1. The summed E-state index contributed by atoms with van der Waals surface area (Å²) in [7, 11) is 2.20. The second-order valence-corrected chi connectivity index (χ2v) is 6.49. The molecule has 19 heavy (non-hydrogen) atoms. The summed E-state index contributed by atoms with van der Waals surface area (Å²) in [6.07, 6.45) is 1.22. The number of nitrogens with zero attached hydrogens (tertiary/aromatic N) is 1. The second-order valence-electron chi connectivity index (χ2n) is 5.57. The summed E-state index contributed by atoms with van der Waals surface area (Å²) < 4.78 is 1.13. The molecule has 0 amide bonds. The zero-order valence-corrected chi connectivity index (χ0v) is 12.9. The largest absolute Gasteiger partial charge is 0.381 e. The predicted molar refractivity (Wildman–Crippen MR) is 85.8 cm³/mol. The molecule has 3 heteroatoms. The summed E-state index contributed by atoms with van der Waals surface area (Å²) in [6.45, 7) is 3.42. The molecule has 100 valence electrons. The van der Waals surface area contributed by atoms with Crippen LogP contribution in [0.2, 0.25) is 0 Å². The molecular formula is C16H19BrN2. The van der Waals surface area contributed by atoms with Crippen molar-refractivity contribution < 1.29 is 0 Å². The van der Waals surface area contributed by atoms with Gasteiger partial charge in [-0.3, -0.25) is 0 Å². The lowest BCUT2D eigenvalue weighted by Crippen LogP contribution is -2.24. The molecule has 0 saturated carbocycles. The Morgan fingerprint density at radius 1 is 1.16 bits per heavy atom. The number of likely N-dealkylation sites (tertiary alicyclic amines) is 1. The van der Waals surface area contributed by atoms with E-state index in [1.54, 1.807) is 0 Å². The third kappa shape index (κ3) is 2.77. The van der Waals surface area contributed by atoms with E-state index in [0.29, 0.717) is 12.1 Å². The minimum absolute atomic E-state index is 0.563. The quantitative estimate of drug-likeness (QED) is 0.896. The SMILES string of the molecule is CC1CC(Nc2ccc3cc(Br)ccc3c2)CN1C. The van der Waals surface area contributed by atoms with Crippen LogP contribution in [0.1, 0.15) is 13.3 Å². The zero-order chi connectivity index (χ0) is 13.4. The Labute approximate surface area is 122 Å². The summed E-state index contributed by atoms with van der Waals surface area (Å²) in [6, 6.07) is 14.3. The van der Waals surface area contributed by atoms with Crippen molar-refractivity contribution in [3.05, 3.63) is 40.9 Å². The van der Waals surface area contributed by atoms with E-state index in [-0.39, 0.29) is 0 Å². The Morgan fingerprint density at radius 3 is 2.63 bits per heavy atom. The number of hydrogen-bond acceptors (Lipinski definition) is 2. The van der Waals surface area contributed by atoms with E-state index in [0.717, 1.165) is 11.0 Å². The molecule has 0 spiro atoms. The Morgan fingerprint density at radius 2 is 1.89 bits per heavy atom. The highest BCUT2D eigenvalue weighted by molar-refractivity contribution is 9.10. The van der Waals surface area contributed by atoms with Gasteiger partial charge in [0.25, 0.3) is 0 Å². The number of anilines is 1. The average Bonchev–Trinajstić information content (AvgIpc) is 2.68. The summed E-state index contributed by atoms with van der Waals surface area (Å²) in [5.74, 6) is 0. The van der Waals surface area contributed by atoms with Crippen LogP contribution in [0.5, 0.6) is 0 Å². The van der Waals surface area contributed by atoms with Crippen molar-refractivity contribution >= 4 is 32.4 Å². The van der Waals surface area contributed by atoms with Crippen molar-refractivity contribution in [2.75, 3.05) is 18.9 Å². The normalized spacial score (nSPS) is 23.9. The summed E-state index contributed by atoms with van der Waals surface area (Å²) in [5, 5.41) is 6.21. The molecule has 0 aliphatic carbocycles. The highest BCUT2D eigenvalue weighted by atomic mass is 79.9. The van der Waals surface area contributed by atoms with E-state index in [9.17, 15) is 0 Å². The number of benzene rings is 2. The van der Waals surface area contributed by atoms with Crippen LogP contribution < -0.4 is 5.32 Å². The van der Waals surface area contributed by atoms with Crippen molar-refractivity contribution in [1.29, 1.82) is 0 Å². The fourth-order valence-electron chi connectivity index (χ4n) is 2.84. The number of nitrogens with one attached hydrogen (secondary N) is 1.